The molecule has 0 radical (unpaired) electrons. The van der Waals surface area contributed by atoms with Crippen LogP contribution in [0.4, 0.5) is 0 Å². The summed E-state index contributed by atoms with van der Waals surface area (Å²) in [6, 6.07) is 3.03. The molecule has 0 aliphatic carbocycles. The van der Waals surface area contributed by atoms with Gasteiger partial charge in [-0.2, -0.15) is 4.31 Å². The quantitative estimate of drug-likeness (QED) is 0.804. The molecule has 1 aromatic rings. The van der Waals surface area contributed by atoms with Gasteiger partial charge in [0.1, 0.15) is 17.2 Å². The number of halogens is 1. The van der Waals surface area contributed by atoms with E-state index in [0.717, 1.165) is 6.42 Å². The van der Waals surface area contributed by atoms with Crippen LogP contribution in [-0.4, -0.2) is 53.2 Å². The highest BCUT2D eigenvalue weighted by Crippen LogP contribution is 2.40. The van der Waals surface area contributed by atoms with Crippen molar-refractivity contribution in [1.82, 2.24) is 4.31 Å². The molecule has 2 N–H and O–H groups in total. The molecule has 9 heteroatoms. The summed E-state index contributed by atoms with van der Waals surface area (Å²) in [4.78, 5) is 0.0219. The first-order valence-corrected chi connectivity index (χ1v) is 8.84. The molecule has 0 amide bonds. The molecule has 2 rings (SSSR count). The number of rotatable bonds is 6. The fourth-order valence-electron chi connectivity index (χ4n) is 2.76. The van der Waals surface area contributed by atoms with E-state index in [1.165, 1.54) is 37.8 Å². The Kier molecular flexibility index (Phi) is 7.15. The lowest BCUT2D eigenvalue weighted by atomic mass is 10.0. The zero-order valence-corrected chi connectivity index (χ0v) is 15.9. The number of nitrogens with zero attached hydrogens (tertiary/aromatic N) is 1. The van der Waals surface area contributed by atoms with E-state index in [0.29, 0.717) is 18.8 Å². The van der Waals surface area contributed by atoms with Gasteiger partial charge in [-0.3, -0.25) is 0 Å². The van der Waals surface area contributed by atoms with Crippen LogP contribution in [0.3, 0.4) is 0 Å². The van der Waals surface area contributed by atoms with Crippen LogP contribution in [0, 0.1) is 5.92 Å². The maximum absolute atomic E-state index is 13.0. The van der Waals surface area contributed by atoms with Gasteiger partial charge in [0.05, 0.1) is 21.3 Å². The van der Waals surface area contributed by atoms with Crippen LogP contribution in [0.2, 0.25) is 0 Å². The normalized spacial score (nSPS) is 19.5. The smallest absolute Gasteiger partial charge is 0.250 e. The summed E-state index contributed by atoms with van der Waals surface area (Å²) >= 11 is 0. The minimum absolute atomic E-state index is 0. The van der Waals surface area contributed by atoms with E-state index in [-0.39, 0.29) is 40.8 Å². The summed E-state index contributed by atoms with van der Waals surface area (Å²) in [5.74, 6) is 1.02. The van der Waals surface area contributed by atoms with Crippen molar-refractivity contribution >= 4 is 22.4 Å². The van der Waals surface area contributed by atoms with Gasteiger partial charge >= 0.3 is 0 Å². The molecule has 0 spiro atoms. The van der Waals surface area contributed by atoms with E-state index >= 15 is 0 Å². The minimum Gasteiger partial charge on any atom is -0.496 e. The molecule has 1 saturated heterocycles. The van der Waals surface area contributed by atoms with E-state index in [4.69, 9.17) is 19.9 Å². The van der Waals surface area contributed by atoms with Crippen molar-refractivity contribution in [3.8, 4) is 17.2 Å². The third kappa shape index (κ3) is 3.88. The summed E-state index contributed by atoms with van der Waals surface area (Å²) in [5.41, 5.74) is 5.90. The van der Waals surface area contributed by atoms with Crippen LogP contribution in [-0.2, 0) is 10.0 Å². The Balaban J connectivity index is 0.00000288. The Labute approximate surface area is 149 Å². The fraction of sp³-hybridized carbons (Fsp3) is 0.600. The van der Waals surface area contributed by atoms with E-state index in [1.54, 1.807) is 0 Å². The number of sulfonamides is 1. The van der Waals surface area contributed by atoms with Crippen LogP contribution < -0.4 is 19.9 Å². The van der Waals surface area contributed by atoms with Gasteiger partial charge in [-0.1, -0.05) is 0 Å². The van der Waals surface area contributed by atoms with Crippen LogP contribution in [0.15, 0.2) is 17.0 Å². The van der Waals surface area contributed by atoms with Gasteiger partial charge in [0, 0.05) is 31.3 Å². The van der Waals surface area contributed by atoms with Gasteiger partial charge in [0.25, 0.3) is 0 Å². The summed E-state index contributed by atoms with van der Waals surface area (Å²) < 4.78 is 43.2. The van der Waals surface area contributed by atoms with E-state index in [2.05, 4.69) is 0 Å². The number of benzene rings is 1. The molecular formula is C15H25ClN2O5S. The maximum atomic E-state index is 13.0. The first-order valence-electron chi connectivity index (χ1n) is 7.40. The molecule has 2 unspecified atom stereocenters. The predicted octanol–water partition coefficient (Wildman–Crippen LogP) is 1.49. The van der Waals surface area contributed by atoms with Crippen molar-refractivity contribution in [3.63, 3.8) is 0 Å². The molecule has 0 saturated carbocycles. The minimum atomic E-state index is -3.74. The topological polar surface area (TPSA) is 91.1 Å². The lowest BCUT2D eigenvalue weighted by molar-refractivity contribution is 0.354. The second kappa shape index (κ2) is 8.24. The van der Waals surface area contributed by atoms with Crippen molar-refractivity contribution in [2.24, 2.45) is 11.7 Å². The van der Waals surface area contributed by atoms with Crippen molar-refractivity contribution in [2.45, 2.75) is 24.3 Å². The van der Waals surface area contributed by atoms with Gasteiger partial charge in [-0.25, -0.2) is 8.42 Å². The number of nitrogens with two attached hydrogens (primary N) is 1. The standard InChI is InChI=1S/C15H24N2O5S.ClH/c1-10(16)11-5-6-17(9-11)23(18,19)15-13(21-3)7-12(20-2)8-14(15)22-4;/h7-8,10-11H,5-6,9,16H2,1-4H3;1H. The average molecular weight is 381 g/mol. The van der Waals surface area contributed by atoms with Crippen LogP contribution in [0.5, 0.6) is 17.2 Å². The largest absolute Gasteiger partial charge is 0.496 e. The van der Waals surface area contributed by atoms with E-state index in [1.807, 2.05) is 6.92 Å². The Morgan fingerprint density at radius 3 is 2.08 bits per heavy atom. The highest BCUT2D eigenvalue weighted by molar-refractivity contribution is 7.89. The summed E-state index contributed by atoms with van der Waals surface area (Å²) in [5, 5.41) is 0. The Morgan fingerprint density at radius 2 is 1.71 bits per heavy atom. The molecule has 1 heterocycles. The van der Waals surface area contributed by atoms with E-state index in [9.17, 15) is 8.42 Å². The SMILES string of the molecule is COc1cc(OC)c(S(=O)(=O)N2CCC(C(C)N)C2)c(OC)c1.Cl. The molecule has 0 aromatic heterocycles. The molecule has 138 valence electrons. The van der Waals surface area contributed by atoms with Gasteiger partial charge < -0.3 is 19.9 Å². The molecule has 1 aliphatic heterocycles. The van der Waals surface area contributed by atoms with Crippen LogP contribution >= 0.6 is 12.4 Å². The Morgan fingerprint density at radius 1 is 1.17 bits per heavy atom. The molecule has 1 fully saturated rings. The second-order valence-corrected chi connectivity index (χ2v) is 7.51. The fourth-order valence-corrected chi connectivity index (χ4v) is 4.54. The van der Waals surface area contributed by atoms with E-state index < -0.39 is 10.0 Å². The molecule has 24 heavy (non-hydrogen) atoms. The first kappa shape index (κ1) is 20.8. The van der Waals surface area contributed by atoms with Crippen molar-refractivity contribution in [3.05, 3.63) is 12.1 Å². The lowest BCUT2D eigenvalue weighted by Gasteiger charge is -2.21. The highest BCUT2D eigenvalue weighted by atomic mass is 35.5. The number of hydrogen-bond acceptors (Lipinski definition) is 6. The predicted molar refractivity (Wildman–Crippen MR) is 93.9 cm³/mol. The molecular weight excluding hydrogens is 356 g/mol. The molecule has 1 aromatic carbocycles. The van der Waals surface area contributed by atoms with Gasteiger partial charge in [0.15, 0.2) is 4.90 Å². The van der Waals surface area contributed by atoms with Crippen LogP contribution in [0.1, 0.15) is 13.3 Å². The zero-order chi connectivity index (χ0) is 17.2. The molecule has 1 aliphatic rings. The maximum Gasteiger partial charge on any atom is 0.250 e. The third-order valence-electron chi connectivity index (χ3n) is 4.20. The summed E-state index contributed by atoms with van der Waals surface area (Å²) in [6.07, 6.45) is 0.748. The lowest BCUT2D eigenvalue weighted by Crippen LogP contribution is -2.33. The molecule has 0 bridgehead atoms. The number of methoxy groups -OCH3 is 3. The van der Waals surface area contributed by atoms with Crippen molar-refractivity contribution < 1.29 is 22.6 Å². The van der Waals surface area contributed by atoms with Crippen LogP contribution in [0.25, 0.3) is 0 Å². The Bertz CT molecular complexity index is 641. The van der Waals surface area contributed by atoms with Crippen molar-refractivity contribution in [1.29, 1.82) is 0 Å². The Hall–Kier alpha value is -1.22. The van der Waals surface area contributed by atoms with Gasteiger partial charge in [0.2, 0.25) is 10.0 Å². The van der Waals surface area contributed by atoms with Crippen molar-refractivity contribution in [2.75, 3.05) is 34.4 Å². The second-order valence-electron chi connectivity index (χ2n) is 5.63. The zero-order valence-electron chi connectivity index (χ0n) is 14.3. The third-order valence-corrected chi connectivity index (χ3v) is 6.13. The molecule has 7 nitrogen and oxygen atoms in total. The van der Waals surface area contributed by atoms with Gasteiger partial charge in [-0.05, 0) is 19.3 Å². The number of ether oxygens (including phenoxy) is 3. The number of hydrogen-bond donors (Lipinski definition) is 1. The summed E-state index contributed by atoms with van der Waals surface area (Å²) in [7, 11) is 0.590. The molecule has 2 atom stereocenters. The summed E-state index contributed by atoms with van der Waals surface area (Å²) in [6.45, 7) is 2.74. The highest BCUT2D eigenvalue weighted by Gasteiger charge is 2.37. The first-order chi connectivity index (χ1) is 10.8. The monoisotopic (exact) mass is 380 g/mol. The van der Waals surface area contributed by atoms with Gasteiger partial charge in [-0.15, -0.1) is 12.4 Å². The average Bonchev–Trinajstić information content (AvgIpc) is 3.04.